The number of piperidine rings is 1. The van der Waals surface area contributed by atoms with Crippen LogP contribution in [0.2, 0.25) is 0 Å². The molecule has 8 heteroatoms. The first kappa shape index (κ1) is 16.9. The number of ether oxygens (including phenoxy) is 1. The summed E-state index contributed by atoms with van der Waals surface area (Å²) in [7, 11) is 1.36. The highest BCUT2D eigenvalue weighted by Crippen LogP contribution is 2.26. The number of nitrogens with one attached hydrogen (secondary N) is 1. The molecular formula is C17H19N3O5. The van der Waals surface area contributed by atoms with Crippen LogP contribution in [0.3, 0.4) is 0 Å². The van der Waals surface area contributed by atoms with Crippen LogP contribution in [-0.4, -0.2) is 41.0 Å². The lowest BCUT2D eigenvalue weighted by Crippen LogP contribution is -2.39. The van der Waals surface area contributed by atoms with Gasteiger partial charge >= 0.3 is 0 Å². The fourth-order valence-electron chi connectivity index (χ4n) is 3.03. The van der Waals surface area contributed by atoms with Gasteiger partial charge in [-0.15, -0.1) is 0 Å². The topological polar surface area (TPSA) is 106 Å². The molecule has 0 saturated carbocycles. The Morgan fingerprint density at radius 1 is 1.40 bits per heavy atom. The average Bonchev–Trinajstić information content (AvgIpc) is 2.60. The van der Waals surface area contributed by atoms with Gasteiger partial charge in [0.25, 0.3) is 11.5 Å². The van der Waals surface area contributed by atoms with Crippen molar-refractivity contribution >= 4 is 5.91 Å². The molecule has 0 aliphatic carbocycles. The molecule has 0 bridgehead atoms. The van der Waals surface area contributed by atoms with E-state index in [1.807, 2.05) is 0 Å². The van der Waals surface area contributed by atoms with Gasteiger partial charge < -0.3 is 19.0 Å². The Bertz CT molecular complexity index is 902. The van der Waals surface area contributed by atoms with Gasteiger partial charge in [0.2, 0.25) is 11.2 Å². The van der Waals surface area contributed by atoms with E-state index in [0.717, 1.165) is 25.2 Å². The SMILES string of the molecule is COc1coc(C(=O)N2CCC[C@@H](c3cc(=O)[nH]c(C)n3)C2)cc1=O. The lowest BCUT2D eigenvalue weighted by Gasteiger charge is -2.32. The number of aromatic amines is 1. The third kappa shape index (κ3) is 3.62. The van der Waals surface area contributed by atoms with Gasteiger partial charge in [0.05, 0.1) is 12.8 Å². The minimum atomic E-state index is -0.405. The van der Waals surface area contributed by atoms with Crippen molar-refractivity contribution in [2.75, 3.05) is 20.2 Å². The Kier molecular flexibility index (Phi) is 4.69. The molecule has 1 atom stereocenters. The van der Waals surface area contributed by atoms with E-state index >= 15 is 0 Å². The molecule has 3 rings (SSSR count). The van der Waals surface area contributed by atoms with Crippen molar-refractivity contribution in [1.82, 2.24) is 14.9 Å². The summed E-state index contributed by atoms with van der Waals surface area (Å²) in [6.45, 7) is 2.71. The summed E-state index contributed by atoms with van der Waals surface area (Å²) in [5.41, 5.74) is 0.0691. The fourth-order valence-corrected chi connectivity index (χ4v) is 3.03. The van der Waals surface area contributed by atoms with Crippen LogP contribution in [-0.2, 0) is 0 Å². The molecule has 3 heterocycles. The molecule has 0 spiro atoms. The van der Waals surface area contributed by atoms with Crippen LogP contribution < -0.4 is 15.7 Å². The lowest BCUT2D eigenvalue weighted by molar-refractivity contribution is 0.0670. The van der Waals surface area contributed by atoms with Crippen molar-refractivity contribution in [2.45, 2.75) is 25.7 Å². The number of hydrogen-bond donors (Lipinski definition) is 1. The van der Waals surface area contributed by atoms with Crippen LogP contribution >= 0.6 is 0 Å². The van der Waals surface area contributed by atoms with Crippen LogP contribution in [0.5, 0.6) is 5.75 Å². The van der Waals surface area contributed by atoms with Gasteiger partial charge in [-0.1, -0.05) is 0 Å². The van der Waals surface area contributed by atoms with Gasteiger partial charge in [-0.25, -0.2) is 4.98 Å². The van der Waals surface area contributed by atoms with Gasteiger partial charge in [0, 0.05) is 31.1 Å². The van der Waals surface area contributed by atoms with E-state index in [9.17, 15) is 14.4 Å². The molecule has 1 amide bonds. The summed E-state index contributed by atoms with van der Waals surface area (Å²) >= 11 is 0. The second-order valence-corrected chi connectivity index (χ2v) is 6.02. The summed E-state index contributed by atoms with van der Waals surface area (Å²) < 4.78 is 10.1. The molecule has 1 N–H and O–H groups in total. The Balaban J connectivity index is 1.81. The summed E-state index contributed by atoms with van der Waals surface area (Å²) in [4.78, 5) is 44.7. The third-order valence-corrected chi connectivity index (χ3v) is 4.24. The highest BCUT2D eigenvalue weighted by atomic mass is 16.5. The van der Waals surface area contributed by atoms with Gasteiger partial charge in [0.1, 0.15) is 12.1 Å². The van der Waals surface area contributed by atoms with Gasteiger partial charge in [0.15, 0.2) is 5.76 Å². The summed E-state index contributed by atoms with van der Waals surface area (Å²) in [6.07, 6.45) is 2.76. The first-order valence-corrected chi connectivity index (χ1v) is 8.02. The summed E-state index contributed by atoms with van der Waals surface area (Å²) in [5.74, 6) is 0.194. The average molecular weight is 345 g/mol. The van der Waals surface area contributed by atoms with Crippen molar-refractivity contribution in [3.63, 3.8) is 0 Å². The maximum Gasteiger partial charge on any atom is 0.289 e. The van der Waals surface area contributed by atoms with Crippen molar-refractivity contribution in [3.05, 3.63) is 56.3 Å². The van der Waals surface area contributed by atoms with E-state index < -0.39 is 5.43 Å². The molecule has 2 aromatic rings. The molecular weight excluding hydrogens is 326 g/mol. The predicted octanol–water partition coefficient (Wildman–Crippen LogP) is 1.06. The zero-order chi connectivity index (χ0) is 18.0. The van der Waals surface area contributed by atoms with E-state index in [2.05, 4.69) is 9.97 Å². The molecule has 0 unspecified atom stereocenters. The van der Waals surface area contributed by atoms with Gasteiger partial charge in [-0.3, -0.25) is 14.4 Å². The Morgan fingerprint density at radius 2 is 2.20 bits per heavy atom. The molecule has 25 heavy (non-hydrogen) atoms. The molecule has 1 aliphatic heterocycles. The van der Waals surface area contributed by atoms with Crippen molar-refractivity contribution in [2.24, 2.45) is 0 Å². The van der Waals surface area contributed by atoms with Crippen molar-refractivity contribution in [1.29, 1.82) is 0 Å². The minimum absolute atomic E-state index is 0.0244. The van der Waals surface area contributed by atoms with Crippen LogP contribution in [0.25, 0.3) is 0 Å². The standard InChI is InChI=1S/C17H19N3O5/c1-10-18-12(6-16(22)19-10)11-4-3-5-20(8-11)17(23)14-7-13(21)15(24-2)9-25-14/h6-7,9,11H,3-5,8H2,1-2H3,(H,18,19,22)/t11-/m1/s1. The molecule has 132 valence electrons. The first-order chi connectivity index (χ1) is 12.0. The van der Waals surface area contributed by atoms with Crippen LogP contribution in [0.1, 0.15) is 40.8 Å². The molecule has 1 fully saturated rings. The second kappa shape index (κ2) is 6.92. The number of carbonyl (C=O) groups excluding carboxylic acids is 1. The van der Waals surface area contributed by atoms with E-state index in [1.165, 1.54) is 13.2 Å². The zero-order valence-corrected chi connectivity index (χ0v) is 14.1. The van der Waals surface area contributed by atoms with Crippen LogP contribution in [0.4, 0.5) is 0 Å². The number of methoxy groups -OCH3 is 1. The fraction of sp³-hybridized carbons (Fsp3) is 0.412. The Labute approximate surface area is 143 Å². The van der Waals surface area contributed by atoms with Crippen LogP contribution in [0.15, 0.2) is 32.4 Å². The number of likely N-dealkylation sites (tertiary alicyclic amines) is 1. The number of H-pyrrole nitrogens is 1. The normalized spacial score (nSPS) is 17.4. The quantitative estimate of drug-likeness (QED) is 0.892. The van der Waals surface area contributed by atoms with Gasteiger partial charge in [-0.2, -0.15) is 0 Å². The number of hydrogen-bond acceptors (Lipinski definition) is 6. The molecule has 8 nitrogen and oxygen atoms in total. The summed E-state index contributed by atoms with van der Waals surface area (Å²) in [5, 5.41) is 0. The molecule has 1 aliphatic rings. The van der Waals surface area contributed by atoms with Gasteiger partial charge in [-0.05, 0) is 19.8 Å². The van der Waals surface area contributed by atoms with Crippen molar-refractivity contribution in [3.8, 4) is 5.75 Å². The minimum Gasteiger partial charge on any atom is -0.490 e. The Hall–Kier alpha value is -2.90. The number of aryl methyl sites for hydroxylation is 1. The predicted molar refractivity (Wildman–Crippen MR) is 89.0 cm³/mol. The molecule has 1 saturated heterocycles. The van der Waals surface area contributed by atoms with E-state index in [1.54, 1.807) is 11.8 Å². The van der Waals surface area contributed by atoms with E-state index in [0.29, 0.717) is 24.6 Å². The monoisotopic (exact) mass is 345 g/mol. The largest absolute Gasteiger partial charge is 0.490 e. The highest BCUT2D eigenvalue weighted by Gasteiger charge is 2.28. The molecule has 2 aromatic heterocycles. The molecule has 0 aromatic carbocycles. The Morgan fingerprint density at radius 3 is 2.88 bits per heavy atom. The number of nitrogens with zero attached hydrogens (tertiary/aromatic N) is 2. The maximum absolute atomic E-state index is 12.6. The summed E-state index contributed by atoms with van der Waals surface area (Å²) in [6, 6.07) is 2.61. The number of amides is 1. The van der Waals surface area contributed by atoms with Crippen molar-refractivity contribution < 1.29 is 13.9 Å². The number of carbonyl (C=O) groups is 1. The van der Waals surface area contributed by atoms with Crippen LogP contribution in [0, 0.1) is 6.92 Å². The molecule has 0 radical (unpaired) electrons. The highest BCUT2D eigenvalue weighted by molar-refractivity contribution is 5.91. The second-order valence-electron chi connectivity index (χ2n) is 6.02. The number of aromatic nitrogens is 2. The lowest BCUT2D eigenvalue weighted by atomic mass is 9.94. The third-order valence-electron chi connectivity index (χ3n) is 4.24. The maximum atomic E-state index is 12.6. The number of rotatable bonds is 3. The van der Waals surface area contributed by atoms with E-state index in [4.69, 9.17) is 9.15 Å². The smallest absolute Gasteiger partial charge is 0.289 e. The zero-order valence-electron chi connectivity index (χ0n) is 14.1. The van der Waals surface area contributed by atoms with E-state index in [-0.39, 0.29) is 28.9 Å². The first-order valence-electron chi connectivity index (χ1n) is 8.02.